The van der Waals surface area contributed by atoms with E-state index in [1.807, 2.05) is 6.07 Å². The van der Waals surface area contributed by atoms with Crippen molar-refractivity contribution in [2.45, 2.75) is 11.8 Å². The number of hydrogen-bond acceptors (Lipinski definition) is 6. The minimum atomic E-state index is -3.66. The van der Waals surface area contributed by atoms with Crippen molar-refractivity contribution in [2.24, 2.45) is 5.10 Å². The monoisotopic (exact) mass is 388 g/mol. The van der Waals surface area contributed by atoms with E-state index in [9.17, 15) is 13.2 Å². The van der Waals surface area contributed by atoms with Crippen molar-refractivity contribution in [1.82, 2.24) is 14.7 Å². The van der Waals surface area contributed by atoms with E-state index in [0.29, 0.717) is 37.7 Å². The number of aromatic nitrogens is 1. The zero-order chi connectivity index (χ0) is 19.3. The van der Waals surface area contributed by atoms with E-state index in [0.717, 1.165) is 0 Å². The Kier molecular flexibility index (Phi) is 5.94. The van der Waals surface area contributed by atoms with Gasteiger partial charge in [-0.25, -0.2) is 13.8 Å². The van der Waals surface area contributed by atoms with Crippen LogP contribution in [0.4, 0.5) is 0 Å². The summed E-state index contributed by atoms with van der Waals surface area (Å²) in [6, 6.07) is 11.3. The third-order valence-electron chi connectivity index (χ3n) is 4.06. The number of sulfonamides is 1. The fourth-order valence-corrected chi connectivity index (χ4v) is 4.02. The molecular formula is C18H20N4O4S. The molecular weight excluding hydrogens is 368 g/mol. The Labute approximate surface area is 157 Å². The highest BCUT2D eigenvalue weighted by Crippen LogP contribution is 2.18. The van der Waals surface area contributed by atoms with Gasteiger partial charge in [0.05, 0.1) is 29.5 Å². The van der Waals surface area contributed by atoms with Gasteiger partial charge in [0.15, 0.2) is 0 Å². The Hall–Kier alpha value is -2.62. The normalized spacial score (nSPS) is 16.1. The summed E-state index contributed by atoms with van der Waals surface area (Å²) in [5, 5.41) is 4.03. The molecule has 3 rings (SSSR count). The van der Waals surface area contributed by atoms with Gasteiger partial charge in [0.1, 0.15) is 0 Å². The summed E-state index contributed by atoms with van der Waals surface area (Å²) in [5.74, 6) is -0.496. The van der Waals surface area contributed by atoms with Crippen LogP contribution in [0, 0.1) is 0 Å². The molecule has 0 aliphatic carbocycles. The van der Waals surface area contributed by atoms with Gasteiger partial charge in [-0.05, 0) is 37.3 Å². The van der Waals surface area contributed by atoms with E-state index >= 15 is 0 Å². The lowest BCUT2D eigenvalue weighted by atomic mass is 10.2. The van der Waals surface area contributed by atoms with Crippen molar-refractivity contribution in [1.29, 1.82) is 0 Å². The molecule has 1 aliphatic rings. The van der Waals surface area contributed by atoms with E-state index in [2.05, 4.69) is 15.5 Å². The Balaban J connectivity index is 1.76. The zero-order valence-corrected chi connectivity index (χ0v) is 15.6. The van der Waals surface area contributed by atoms with Gasteiger partial charge in [-0.2, -0.15) is 9.41 Å². The quantitative estimate of drug-likeness (QED) is 0.614. The van der Waals surface area contributed by atoms with Crippen molar-refractivity contribution in [3.05, 3.63) is 59.9 Å². The first-order chi connectivity index (χ1) is 13.0. The summed E-state index contributed by atoms with van der Waals surface area (Å²) in [7, 11) is -3.66. The number of amides is 1. The van der Waals surface area contributed by atoms with Crippen LogP contribution in [0.15, 0.2) is 58.7 Å². The molecule has 1 aromatic carbocycles. The number of ether oxygens (including phenoxy) is 1. The molecule has 0 saturated carbocycles. The van der Waals surface area contributed by atoms with Crippen molar-refractivity contribution in [3.63, 3.8) is 0 Å². The van der Waals surface area contributed by atoms with Crippen molar-refractivity contribution in [3.8, 4) is 0 Å². The summed E-state index contributed by atoms with van der Waals surface area (Å²) < 4.78 is 32.0. The number of benzene rings is 1. The van der Waals surface area contributed by atoms with Crippen LogP contribution in [0.5, 0.6) is 0 Å². The smallest absolute Gasteiger partial charge is 0.271 e. The lowest BCUT2D eigenvalue weighted by molar-refractivity contribution is 0.0730. The molecule has 1 fully saturated rings. The number of hydrazone groups is 1. The van der Waals surface area contributed by atoms with Crippen LogP contribution in [0.2, 0.25) is 0 Å². The lowest BCUT2D eigenvalue weighted by Crippen LogP contribution is -2.40. The maximum Gasteiger partial charge on any atom is 0.271 e. The Bertz CT molecular complexity index is 939. The molecule has 0 spiro atoms. The van der Waals surface area contributed by atoms with Crippen LogP contribution in [-0.4, -0.2) is 55.6 Å². The number of morpholine rings is 1. The Morgan fingerprint density at radius 3 is 2.67 bits per heavy atom. The fourth-order valence-electron chi connectivity index (χ4n) is 2.57. The maximum absolute atomic E-state index is 12.7. The molecule has 0 bridgehead atoms. The zero-order valence-electron chi connectivity index (χ0n) is 14.8. The number of carbonyl (C=O) groups excluding carboxylic acids is 1. The third-order valence-corrected chi connectivity index (χ3v) is 5.96. The molecule has 2 heterocycles. The van der Waals surface area contributed by atoms with E-state index in [-0.39, 0.29) is 10.5 Å². The molecule has 9 heteroatoms. The highest BCUT2D eigenvalue weighted by molar-refractivity contribution is 7.89. The van der Waals surface area contributed by atoms with Crippen molar-refractivity contribution in [2.75, 3.05) is 26.3 Å². The van der Waals surface area contributed by atoms with Gasteiger partial charge in [0.25, 0.3) is 5.91 Å². The summed E-state index contributed by atoms with van der Waals surface area (Å²) in [6.07, 6.45) is 1.64. The predicted octanol–water partition coefficient (Wildman–Crippen LogP) is 1.26. The summed E-state index contributed by atoms with van der Waals surface area (Å²) in [4.78, 5) is 16.6. The standard InChI is InChI=1S/C18H20N4O4S/c1-14(17-7-2-3-8-19-17)20-21-18(23)15-5-4-6-16(13-15)27(24,25)22-9-11-26-12-10-22/h2-8,13H,9-12H2,1H3,(H,21,23). The molecule has 1 amide bonds. The molecule has 27 heavy (non-hydrogen) atoms. The molecule has 2 aromatic rings. The Morgan fingerprint density at radius 1 is 1.19 bits per heavy atom. The number of pyridine rings is 1. The van der Waals surface area contributed by atoms with Crippen molar-refractivity contribution >= 4 is 21.6 Å². The van der Waals surface area contributed by atoms with Gasteiger partial charge < -0.3 is 4.74 Å². The minimum Gasteiger partial charge on any atom is -0.379 e. The number of hydrogen-bond donors (Lipinski definition) is 1. The average Bonchev–Trinajstić information content (AvgIpc) is 2.73. The minimum absolute atomic E-state index is 0.0717. The summed E-state index contributed by atoms with van der Waals surface area (Å²) >= 11 is 0. The molecule has 0 radical (unpaired) electrons. The van der Waals surface area contributed by atoms with Crippen LogP contribution in [0.3, 0.4) is 0 Å². The lowest BCUT2D eigenvalue weighted by Gasteiger charge is -2.26. The van der Waals surface area contributed by atoms with Crippen LogP contribution < -0.4 is 5.43 Å². The molecule has 0 atom stereocenters. The second-order valence-corrected chi connectivity index (χ2v) is 7.84. The number of nitrogens with zero attached hydrogens (tertiary/aromatic N) is 3. The van der Waals surface area contributed by atoms with Gasteiger partial charge in [0, 0.05) is 24.8 Å². The summed E-state index contributed by atoms with van der Waals surface area (Å²) in [5.41, 5.74) is 3.83. The van der Waals surface area contributed by atoms with E-state index in [1.165, 1.54) is 22.5 Å². The Morgan fingerprint density at radius 2 is 1.96 bits per heavy atom. The average molecular weight is 388 g/mol. The predicted molar refractivity (Wildman–Crippen MR) is 99.9 cm³/mol. The molecule has 1 saturated heterocycles. The summed E-state index contributed by atoms with van der Waals surface area (Å²) in [6.45, 7) is 3.04. The first-order valence-electron chi connectivity index (χ1n) is 8.42. The number of rotatable bonds is 5. The van der Waals surface area contributed by atoms with Gasteiger partial charge in [-0.1, -0.05) is 12.1 Å². The second kappa shape index (κ2) is 8.38. The maximum atomic E-state index is 12.7. The van der Waals surface area contributed by atoms with Gasteiger partial charge in [0.2, 0.25) is 10.0 Å². The van der Waals surface area contributed by atoms with Gasteiger partial charge >= 0.3 is 0 Å². The van der Waals surface area contributed by atoms with Crippen LogP contribution in [0.25, 0.3) is 0 Å². The highest BCUT2D eigenvalue weighted by atomic mass is 32.2. The molecule has 0 unspecified atom stereocenters. The van der Waals surface area contributed by atoms with Crippen molar-refractivity contribution < 1.29 is 17.9 Å². The fraction of sp³-hybridized carbons (Fsp3) is 0.278. The SMILES string of the molecule is CC(=NNC(=O)c1cccc(S(=O)(=O)N2CCOCC2)c1)c1ccccn1. The molecule has 1 N–H and O–H groups in total. The molecule has 1 aliphatic heterocycles. The van der Waals surface area contributed by atoms with E-state index in [4.69, 9.17) is 4.74 Å². The molecule has 142 valence electrons. The first kappa shape index (κ1) is 19.2. The van der Waals surface area contributed by atoms with E-state index < -0.39 is 15.9 Å². The van der Waals surface area contributed by atoms with Gasteiger partial charge in [-0.15, -0.1) is 0 Å². The third kappa shape index (κ3) is 4.57. The van der Waals surface area contributed by atoms with Crippen LogP contribution in [-0.2, 0) is 14.8 Å². The highest BCUT2D eigenvalue weighted by Gasteiger charge is 2.26. The van der Waals surface area contributed by atoms with Gasteiger partial charge in [-0.3, -0.25) is 9.78 Å². The molecule has 1 aromatic heterocycles. The largest absolute Gasteiger partial charge is 0.379 e. The number of carbonyl (C=O) groups is 1. The van der Waals surface area contributed by atoms with E-state index in [1.54, 1.807) is 31.3 Å². The first-order valence-corrected chi connectivity index (χ1v) is 9.86. The second-order valence-electron chi connectivity index (χ2n) is 5.90. The van der Waals surface area contributed by atoms with Crippen LogP contribution >= 0.6 is 0 Å². The number of nitrogens with one attached hydrogen (secondary N) is 1. The van der Waals surface area contributed by atoms with Crippen LogP contribution in [0.1, 0.15) is 23.0 Å². The molecule has 8 nitrogen and oxygen atoms in total. The topological polar surface area (TPSA) is 101 Å².